The number of amides is 1. The fourth-order valence-electron chi connectivity index (χ4n) is 2.68. The number of carbonyl (C=O) groups excluding carboxylic acids is 1. The summed E-state index contributed by atoms with van der Waals surface area (Å²) in [4.78, 5) is 23.4. The number of nitrogens with one attached hydrogen (secondary N) is 1. The maximum absolute atomic E-state index is 11.9. The molecule has 0 aromatic heterocycles. The molecule has 0 aromatic rings. The van der Waals surface area contributed by atoms with Gasteiger partial charge in [0.05, 0.1) is 0 Å². The first-order valence-electron chi connectivity index (χ1n) is 7.19. The van der Waals surface area contributed by atoms with Gasteiger partial charge in [-0.05, 0) is 38.0 Å². The van der Waals surface area contributed by atoms with Gasteiger partial charge in [0.15, 0.2) is 0 Å². The Balaban J connectivity index is 2.59. The molecule has 0 spiro atoms. The van der Waals surface area contributed by atoms with Crippen LogP contribution in [0.1, 0.15) is 58.8 Å². The largest absolute Gasteiger partial charge is 0.480 e. The Morgan fingerprint density at radius 2 is 2.00 bits per heavy atom. The van der Waals surface area contributed by atoms with Crippen molar-refractivity contribution in [2.24, 2.45) is 11.7 Å². The molecule has 1 aliphatic rings. The monoisotopic (exact) mass is 270 g/mol. The quantitative estimate of drug-likeness (QED) is 0.684. The molecule has 5 heteroatoms. The van der Waals surface area contributed by atoms with Crippen molar-refractivity contribution in [2.45, 2.75) is 70.4 Å². The fraction of sp³-hybridized carbons (Fsp3) is 0.857. The molecule has 0 aromatic carbocycles. The Kier molecular flexibility index (Phi) is 5.79. The topological polar surface area (TPSA) is 92.4 Å². The van der Waals surface area contributed by atoms with Gasteiger partial charge in [-0.2, -0.15) is 0 Å². The molecule has 0 heterocycles. The summed E-state index contributed by atoms with van der Waals surface area (Å²) in [6, 6.07) is -0.182. The van der Waals surface area contributed by atoms with Crippen LogP contribution in [0.4, 0.5) is 0 Å². The predicted octanol–water partition coefficient (Wildman–Crippen LogP) is 1.65. The van der Waals surface area contributed by atoms with E-state index in [2.05, 4.69) is 12.2 Å². The number of nitrogens with two attached hydrogens (primary N) is 1. The minimum absolute atomic E-state index is 0.182. The van der Waals surface area contributed by atoms with E-state index in [1.807, 2.05) is 6.92 Å². The molecule has 1 rings (SSSR count). The summed E-state index contributed by atoms with van der Waals surface area (Å²) in [5.74, 6) is -0.624. The van der Waals surface area contributed by atoms with Crippen LogP contribution in [-0.2, 0) is 9.59 Å². The summed E-state index contributed by atoms with van der Waals surface area (Å²) in [6.45, 7) is 4.13. The van der Waals surface area contributed by atoms with Crippen LogP contribution in [0.2, 0.25) is 0 Å². The Hall–Kier alpha value is -1.10. The first kappa shape index (κ1) is 16.0. The smallest absolute Gasteiger partial charge is 0.329 e. The van der Waals surface area contributed by atoms with Crippen molar-refractivity contribution in [1.29, 1.82) is 0 Å². The van der Waals surface area contributed by atoms with Crippen molar-refractivity contribution in [2.75, 3.05) is 0 Å². The van der Waals surface area contributed by atoms with Gasteiger partial charge < -0.3 is 16.2 Å². The highest BCUT2D eigenvalue weighted by atomic mass is 16.4. The molecule has 0 radical (unpaired) electrons. The molecule has 4 N–H and O–H groups in total. The van der Waals surface area contributed by atoms with Gasteiger partial charge in [-0.25, -0.2) is 4.79 Å². The molecule has 0 saturated heterocycles. The first-order chi connectivity index (χ1) is 8.89. The SMILES string of the molecule is CCCC(N)CC(=O)NC1(C(=O)O)CCC(C)CC1. The standard InChI is InChI=1S/C14H26N2O3/c1-3-4-11(15)9-12(17)16-14(13(18)19)7-5-10(2)6-8-14/h10-11H,3-9,15H2,1-2H3,(H,16,17)(H,18,19). The molecule has 1 aliphatic carbocycles. The van der Waals surface area contributed by atoms with E-state index in [0.717, 1.165) is 25.7 Å². The first-order valence-corrected chi connectivity index (χ1v) is 7.19. The minimum atomic E-state index is -1.07. The lowest BCUT2D eigenvalue weighted by molar-refractivity contribution is -0.149. The lowest BCUT2D eigenvalue weighted by Crippen LogP contribution is -2.56. The molecule has 1 atom stereocenters. The zero-order valence-electron chi connectivity index (χ0n) is 11.9. The number of hydrogen-bond acceptors (Lipinski definition) is 3. The van der Waals surface area contributed by atoms with Gasteiger partial charge in [-0.3, -0.25) is 4.79 Å². The Morgan fingerprint density at radius 3 is 2.47 bits per heavy atom. The fourth-order valence-corrected chi connectivity index (χ4v) is 2.68. The van der Waals surface area contributed by atoms with E-state index in [1.54, 1.807) is 0 Å². The number of aliphatic carboxylic acids is 1. The minimum Gasteiger partial charge on any atom is -0.480 e. The van der Waals surface area contributed by atoms with Gasteiger partial charge in [0.2, 0.25) is 5.91 Å². The maximum atomic E-state index is 11.9. The van der Waals surface area contributed by atoms with Gasteiger partial charge in [-0.1, -0.05) is 20.3 Å². The Morgan fingerprint density at radius 1 is 1.42 bits per heavy atom. The molecule has 5 nitrogen and oxygen atoms in total. The van der Waals surface area contributed by atoms with E-state index < -0.39 is 11.5 Å². The highest BCUT2D eigenvalue weighted by Crippen LogP contribution is 2.32. The Bertz CT molecular complexity index is 323. The van der Waals surface area contributed by atoms with E-state index in [0.29, 0.717) is 18.8 Å². The average molecular weight is 270 g/mol. The van der Waals surface area contributed by atoms with E-state index in [-0.39, 0.29) is 18.4 Å². The zero-order chi connectivity index (χ0) is 14.5. The second kappa shape index (κ2) is 6.89. The van der Waals surface area contributed by atoms with Crippen molar-refractivity contribution in [3.8, 4) is 0 Å². The second-order valence-corrected chi connectivity index (χ2v) is 5.87. The maximum Gasteiger partial charge on any atom is 0.329 e. The molecule has 0 bridgehead atoms. The van der Waals surface area contributed by atoms with E-state index in [1.165, 1.54) is 0 Å². The summed E-state index contributed by atoms with van der Waals surface area (Å²) >= 11 is 0. The lowest BCUT2D eigenvalue weighted by atomic mass is 9.77. The Labute approximate surface area is 114 Å². The van der Waals surface area contributed by atoms with Crippen LogP contribution < -0.4 is 11.1 Å². The van der Waals surface area contributed by atoms with E-state index >= 15 is 0 Å². The van der Waals surface area contributed by atoms with E-state index in [4.69, 9.17) is 5.73 Å². The number of hydrogen-bond donors (Lipinski definition) is 3. The molecule has 1 amide bonds. The van der Waals surface area contributed by atoms with Gasteiger partial charge in [0, 0.05) is 12.5 Å². The van der Waals surface area contributed by atoms with Gasteiger partial charge in [-0.15, -0.1) is 0 Å². The van der Waals surface area contributed by atoms with Crippen molar-refractivity contribution >= 4 is 11.9 Å². The van der Waals surface area contributed by atoms with Crippen molar-refractivity contribution < 1.29 is 14.7 Å². The number of carbonyl (C=O) groups is 2. The number of carboxylic acid groups (broad SMARTS) is 1. The highest BCUT2D eigenvalue weighted by molar-refractivity contribution is 5.87. The lowest BCUT2D eigenvalue weighted by Gasteiger charge is -2.36. The molecule has 1 fully saturated rings. The third kappa shape index (κ3) is 4.49. The van der Waals surface area contributed by atoms with Gasteiger partial charge in [0.1, 0.15) is 5.54 Å². The number of carboxylic acids is 1. The molecule has 1 saturated carbocycles. The van der Waals surface area contributed by atoms with Crippen molar-refractivity contribution in [1.82, 2.24) is 5.32 Å². The van der Waals surface area contributed by atoms with Crippen LogP contribution in [-0.4, -0.2) is 28.6 Å². The van der Waals surface area contributed by atoms with Crippen molar-refractivity contribution in [3.63, 3.8) is 0 Å². The van der Waals surface area contributed by atoms with Crippen LogP contribution in [0, 0.1) is 5.92 Å². The van der Waals surface area contributed by atoms with Gasteiger partial charge >= 0.3 is 5.97 Å². The molecular weight excluding hydrogens is 244 g/mol. The van der Waals surface area contributed by atoms with Gasteiger partial charge in [0.25, 0.3) is 0 Å². The third-order valence-electron chi connectivity index (χ3n) is 4.02. The van der Waals surface area contributed by atoms with Crippen molar-refractivity contribution in [3.05, 3.63) is 0 Å². The summed E-state index contributed by atoms with van der Waals surface area (Å²) in [5.41, 5.74) is 4.75. The van der Waals surface area contributed by atoms with E-state index in [9.17, 15) is 14.7 Å². The van der Waals surface area contributed by atoms with Crippen LogP contribution in [0.25, 0.3) is 0 Å². The molecule has 19 heavy (non-hydrogen) atoms. The van der Waals surface area contributed by atoms with Crippen LogP contribution in [0.3, 0.4) is 0 Å². The summed E-state index contributed by atoms with van der Waals surface area (Å²) < 4.78 is 0. The number of rotatable bonds is 6. The predicted molar refractivity (Wildman–Crippen MR) is 73.6 cm³/mol. The van der Waals surface area contributed by atoms with Crippen LogP contribution in [0.15, 0.2) is 0 Å². The molecular formula is C14H26N2O3. The molecule has 0 aliphatic heterocycles. The van der Waals surface area contributed by atoms with Crippen LogP contribution >= 0.6 is 0 Å². The second-order valence-electron chi connectivity index (χ2n) is 5.87. The highest BCUT2D eigenvalue weighted by Gasteiger charge is 2.42. The molecule has 110 valence electrons. The third-order valence-corrected chi connectivity index (χ3v) is 4.02. The summed E-state index contributed by atoms with van der Waals surface area (Å²) in [6.07, 6.45) is 4.62. The molecule has 1 unspecified atom stereocenters. The summed E-state index contributed by atoms with van der Waals surface area (Å²) in [7, 11) is 0. The summed E-state index contributed by atoms with van der Waals surface area (Å²) in [5, 5.41) is 12.1. The zero-order valence-corrected chi connectivity index (χ0v) is 11.9. The van der Waals surface area contributed by atoms with Crippen LogP contribution in [0.5, 0.6) is 0 Å². The normalized spacial score (nSPS) is 28.7. The average Bonchev–Trinajstić information content (AvgIpc) is 2.32.